The van der Waals surface area contributed by atoms with Crippen molar-refractivity contribution in [2.24, 2.45) is 11.8 Å². The maximum atomic E-state index is 13.3. The van der Waals surface area contributed by atoms with Gasteiger partial charge in [-0.25, -0.2) is 4.59 Å². The maximum absolute atomic E-state index is 13.3. The molecule has 1 aromatic heterocycles. The molecule has 4 atom stereocenters. The molecule has 0 radical (unpaired) electrons. The van der Waals surface area contributed by atoms with E-state index in [1.165, 1.54) is 16.1 Å². The summed E-state index contributed by atoms with van der Waals surface area (Å²) in [6.07, 6.45) is 2.05. The van der Waals surface area contributed by atoms with Crippen LogP contribution in [0.3, 0.4) is 0 Å². The van der Waals surface area contributed by atoms with Crippen LogP contribution in [-0.2, 0) is 9.59 Å². The minimum Gasteiger partial charge on any atom is -0.269 e. The lowest BCUT2D eigenvalue weighted by molar-refractivity contribution is -0.960. The predicted octanol–water partition coefficient (Wildman–Crippen LogP) is 1.24. The lowest BCUT2D eigenvalue weighted by Crippen LogP contribution is -2.59. The smallest absolute Gasteiger partial charge is 0.269 e. The summed E-state index contributed by atoms with van der Waals surface area (Å²) in [6.45, 7) is 0. The SMILES string of the molecule is C[N+](C)(C)N1C(=O)C2C3c4ccccc4C(C2C1=O)[n+]1ccccc13. The van der Waals surface area contributed by atoms with Crippen molar-refractivity contribution in [3.63, 3.8) is 0 Å². The number of carbonyl (C=O) groups is 2. The van der Waals surface area contributed by atoms with Crippen LogP contribution in [0.2, 0.25) is 0 Å². The quantitative estimate of drug-likeness (QED) is 0.447. The number of hydrogen-bond acceptors (Lipinski definition) is 2. The van der Waals surface area contributed by atoms with Gasteiger partial charge in [0.25, 0.3) is 11.8 Å². The van der Waals surface area contributed by atoms with E-state index in [2.05, 4.69) is 22.8 Å². The number of quaternary nitrogens is 1. The first kappa shape index (κ1) is 14.8. The first-order valence-electron chi connectivity index (χ1n) is 8.70. The Balaban J connectivity index is 1.79. The number of aromatic nitrogens is 1. The average Bonchev–Trinajstić information content (AvgIpc) is 2.86. The largest absolute Gasteiger partial charge is 0.287 e. The lowest BCUT2D eigenvalue weighted by Gasteiger charge is -2.40. The van der Waals surface area contributed by atoms with Crippen LogP contribution in [0.25, 0.3) is 0 Å². The van der Waals surface area contributed by atoms with Gasteiger partial charge >= 0.3 is 0 Å². The van der Waals surface area contributed by atoms with E-state index in [-0.39, 0.29) is 40.2 Å². The maximum Gasteiger partial charge on any atom is 0.287 e. The standard InChI is InChI=1S/C20H21N3O2/c1-23(2,3)22-19(24)16-15-12-8-4-5-9-13(12)18(17(16)20(22)25)21-11-7-6-10-14(15)21/h4-11,15-18H,1-3H3/q+2. The molecule has 0 spiro atoms. The molecular weight excluding hydrogens is 314 g/mol. The average molecular weight is 335 g/mol. The Labute approximate surface area is 146 Å². The summed E-state index contributed by atoms with van der Waals surface area (Å²) in [7, 11) is 5.63. The summed E-state index contributed by atoms with van der Waals surface area (Å²) in [5, 5.41) is 1.45. The van der Waals surface area contributed by atoms with E-state index in [1.54, 1.807) is 0 Å². The summed E-state index contributed by atoms with van der Waals surface area (Å²) in [5.74, 6) is -0.756. The monoisotopic (exact) mass is 335 g/mol. The number of amides is 2. The van der Waals surface area contributed by atoms with Gasteiger partial charge in [0, 0.05) is 17.7 Å². The van der Waals surface area contributed by atoms with Crippen LogP contribution in [0.4, 0.5) is 0 Å². The molecule has 4 aliphatic rings. The van der Waals surface area contributed by atoms with E-state index < -0.39 is 0 Å². The molecule has 1 saturated heterocycles. The number of benzene rings is 1. The molecule has 0 N–H and O–H groups in total. The highest BCUT2D eigenvalue weighted by molar-refractivity contribution is 6.05. The molecule has 3 aliphatic heterocycles. The molecular formula is C20H21N3O2+2. The number of rotatable bonds is 1. The van der Waals surface area contributed by atoms with E-state index in [4.69, 9.17) is 0 Å². The Hall–Kier alpha value is -2.53. The van der Waals surface area contributed by atoms with Gasteiger partial charge in [0.2, 0.25) is 0 Å². The van der Waals surface area contributed by atoms with Crippen molar-refractivity contribution in [3.05, 3.63) is 65.5 Å². The number of nitrogens with zero attached hydrogens (tertiary/aromatic N) is 3. The second-order valence-electron chi connectivity index (χ2n) is 8.07. The first-order chi connectivity index (χ1) is 11.9. The molecule has 25 heavy (non-hydrogen) atoms. The fraction of sp³-hybridized carbons (Fsp3) is 0.350. The number of hydrogen-bond donors (Lipinski definition) is 0. The lowest BCUT2D eigenvalue weighted by atomic mass is 9.63. The van der Waals surface area contributed by atoms with Crippen molar-refractivity contribution in [2.75, 3.05) is 21.1 Å². The molecule has 4 heterocycles. The van der Waals surface area contributed by atoms with Gasteiger partial charge < -0.3 is 0 Å². The van der Waals surface area contributed by atoms with Crippen LogP contribution in [0.1, 0.15) is 28.8 Å². The minimum absolute atomic E-state index is 0.0397. The van der Waals surface area contributed by atoms with E-state index in [0.29, 0.717) is 0 Å². The Morgan fingerprint density at radius 1 is 0.880 bits per heavy atom. The Kier molecular flexibility index (Phi) is 2.69. The number of pyridine rings is 1. The van der Waals surface area contributed by atoms with E-state index in [9.17, 15) is 9.59 Å². The molecule has 1 aromatic carbocycles. The highest BCUT2D eigenvalue weighted by atomic mass is 16.2. The zero-order valence-electron chi connectivity index (χ0n) is 14.6. The van der Waals surface area contributed by atoms with Crippen LogP contribution >= 0.6 is 0 Å². The molecule has 4 unspecified atom stereocenters. The Bertz CT molecular complexity index is 815. The molecule has 126 valence electrons. The topological polar surface area (TPSA) is 41.3 Å². The fourth-order valence-corrected chi connectivity index (χ4v) is 5.07. The second-order valence-corrected chi connectivity index (χ2v) is 8.07. The van der Waals surface area contributed by atoms with Crippen molar-refractivity contribution >= 4 is 11.8 Å². The van der Waals surface area contributed by atoms with E-state index in [1.807, 2.05) is 51.6 Å². The molecule has 5 heteroatoms. The van der Waals surface area contributed by atoms with Crippen LogP contribution in [0.5, 0.6) is 0 Å². The normalized spacial score (nSPS) is 29.5. The third-order valence-corrected chi connectivity index (χ3v) is 5.86. The molecule has 2 bridgehead atoms. The summed E-state index contributed by atoms with van der Waals surface area (Å²) in [5.41, 5.74) is 3.52. The first-order valence-corrected chi connectivity index (χ1v) is 8.70. The van der Waals surface area contributed by atoms with E-state index >= 15 is 0 Å². The summed E-state index contributed by atoms with van der Waals surface area (Å²) in [6, 6.07) is 14.3. The summed E-state index contributed by atoms with van der Waals surface area (Å²) in [4.78, 5) is 26.6. The summed E-state index contributed by atoms with van der Waals surface area (Å²) >= 11 is 0. The van der Waals surface area contributed by atoms with Gasteiger partial charge in [-0.3, -0.25) is 9.59 Å². The van der Waals surface area contributed by atoms with Crippen LogP contribution in [0, 0.1) is 11.8 Å². The molecule has 1 aliphatic carbocycles. The molecule has 2 aromatic rings. The van der Waals surface area contributed by atoms with Gasteiger partial charge in [0.05, 0.1) is 33.0 Å². The minimum atomic E-state index is -0.315. The number of carbonyl (C=O) groups excluding carboxylic acids is 2. The van der Waals surface area contributed by atoms with Crippen molar-refractivity contribution < 1.29 is 18.7 Å². The van der Waals surface area contributed by atoms with Gasteiger partial charge in [-0.1, -0.05) is 30.3 Å². The zero-order valence-corrected chi connectivity index (χ0v) is 14.6. The second kappa shape index (κ2) is 4.55. The summed E-state index contributed by atoms with van der Waals surface area (Å²) < 4.78 is 2.42. The highest BCUT2D eigenvalue weighted by Crippen LogP contribution is 2.55. The third-order valence-electron chi connectivity index (χ3n) is 5.86. The van der Waals surface area contributed by atoms with E-state index in [0.717, 1.165) is 5.69 Å². The Morgan fingerprint density at radius 2 is 1.52 bits per heavy atom. The molecule has 6 rings (SSSR count). The van der Waals surface area contributed by atoms with Gasteiger partial charge in [0.15, 0.2) is 17.9 Å². The van der Waals surface area contributed by atoms with Gasteiger partial charge in [-0.05, 0) is 5.56 Å². The molecule has 5 nitrogen and oxygen atoms in total. The van der Waals surface area contributed by atoms with Crippen LogP contribution in [0.15, 0.2) is 48.7 Å². The molecule has 1 fully saturated rings. The van der Waals surface area contributed by atoms with Crippen LogP contribution < -0.4 is 4.57 Å². The third kappa shape index (κ3) is 1.69. The van der Waals surface area contributed by atoms with Gasteiger partial charge in [-0.2, -0.15) is 4.57 Å². The highest BCUT2D eigenvalue weighted by Gasteiger charge is 2.68. The zero-order chi connectivity index (χ0) is 17.5. The van der Waals surface area contributed by atoms with Crippen molar-refractivity contribution in [1.29, 1.82) is 0 Å². The van der Waals surface area contributed by atoms with Crippen molar-refractivity contribution in [1.82, 2.24) is 5.01 Å². The van der Waals surface area contributed by atoms with Gasteiger partial charge in [0.1, 0.15) is 5.92 Å². The molecule has 0 saturated carbocycles. The number of imide groups is 1. The van der Waals surface area contributed by atoms with Gasteiger partial charge in [-0.15, -0.1) is 5.01 Å². The van der Waals surface area contributed by atoms with Crippen molar-refractivity contribution in [3.8, 4) is 0 Å². The predicted molar refractivity (Wildman–Crippen MR) is 89.9 cm³/mol. The fourth-order valence-electron chi connectivity index (χ4n) is 5.07. The Morgan fingerprint density at radius 3 is 2.24 bits per heavy atom. The van der Waals surface area contributed by atoms with Crippen LogP contribution in [-0.4, -0.2) is 42.6 Å². The van der Waals surface area contributed by atoms with Crippen molar-refractivity contribution in [2.45, 2.75) is 12.0 Å². The molecule has 2 amide bonds.